The van der Waals surface area contributed by atoms with E-state index in [0.29, 0.717) is 28.5 Å². The Morgan fingerprint density at radius 3 is 1.51 bits per heavy atom. The van der Waals surface area contributed by atoms with Crippen LogP contribution < -0.4 is 0 Å². The van der Waals surface area contributed by atoms with Gasteiger partial charge in [-0.15, -0.1) is 0 Å². The maximum absolute atomic E-state index is 10.2. The van der Waals surface area contributed by atoms with Gasteiger partial charge in [-0.25, -0.2) is 0 Å². The lowest BCUT2D eigenvalue weighted by Gasteiger charge is -1.95. The Bertz CT molecular complexity index is 1310. The molecule has 5 nitrogen and oxygen atoms in total. The zero-order valence-electron chi connectivity index (χ0n) is 19.1. The Hall–Kier alpha value is -2.72. The number of carbonyl (C=O) groups excluding carboxylic acids is 4. The van der Waals surface area contributed by atoms with Crippen molar-refractivity contribution in [3.63, 3.8) is 0 Å². The average Bonchev–Trinajstić information content (AvgIpc) is 2.92. The number of benzene rings is 4. The SMILES string of the molecule is O=Cc1cc(Br)ccc1O.O=Cc1ccc(Br)cc1.O=Cc1cccc(Br)c1.O=Cc1ccccc1Br. The Kier molecular flexibility index (Phi) is 16.2. The fourth-order valence-electron chi connectivity index (χ4n) is 2.31. The monoisotopic (exact) mass is 752 g/mol. The lowest BCUT2D eigenvalue weighted by molar-refractivity contribution is 0.111. The van der Waals surface area contributed by atoms with Crippen LogP contribution in [-0.2, 0) is 0 Å². The zero-order valence-corrected chi connectivity index (χ0v) is 25.4. The van der Waals surface area contributed by atoms with Crippen LogP contribution in [0.4, 0.5) is 0 Å². The molecule has 0 aliphatic heterocycles. The molecule has 0 aliphatic carbocycles. The quantitative estimate of drug-likeness (QED) is 0.211. The first-order chi connectivity index (χ1) is 17.7. The first-order valence-electron chi connectivity index (χ1n) is 10.3. The molecule has 0 atom stereocenters. The second kappa shape index (κ2) is 18.5. The normalized spacial score (nSPS) is 9.08. The van der Waals surface area contributed by atoms with Gasteiger partial charge in [-0.2, -0.15) is 0 Å². The first-order valence-corrected chi connectivity index (χ1v) is 13.5. The van der Waals surface area contributed by atoms with E-state index in [1.165, 1.54) is 6.07 Å². The molecule has 0 bridgehead atoms. The molecule has 0 aliphatic rings. The summed E-state index contributed by atoms with van der Waals surface area (Å²) in [5, 5.41) is 8.98. The fraction of sp³-hybridized carbons (Fsp3) is 0. The first kappa shape index (κ1) is 32.3. The molecule has 4 aromatic rings. The standard InChI is InChI=1S/C7H5BrO2.3C7H5BrO/c8-6-1-2-7(10)5(3-6)4-9;8-7-3-1-6(5-9)2-4-7;8-7-3-1-2-6(4-7)5-9;8-7-4-2-1-3-6(7)5-9/h1-4,10H;3*1-5H. The van der Waals surface area contributed by atoms with Gasteiger partial charge in [0.25, 0.3) is 0 Å². The van der Waals surface area contributed by atoms with Crippen LogP contribution in [0.25, 0.3) is 0 Å². The molecule has 37 heavy (non-hydrogen) atoms. The van der Waals surface area contributed by atoms with E-state index in [-0.39, 0.29) is 5.75 Å². The van der Waals surface area contributed by atoms with Crippen molar-refractivity contribution < 1.29 is 24.3 Å². The summed E-state index contributed by atoms with van der Waals surface area (Å²) in [4.78, 5) is 40.6. The number of aromatic hydroxyl groups is 1. The third-order valence-electron chi connectivity index (χ3n) is 4.14. The molecule has 4 aromatic carbocycles. The fourth-order valence-corrected chi connectivity index (χ4v) is 3.75. The zero-order chi connectivity index (χ0) is 27.6. The highest BCUT2D eigenvalue weighted by Gasteiger charge is 1.98. The number of halogens is 4. The van der Waals surface area contributed by atoms with Crippen molar-refractivity contribution in [3.8, 4) is 5.75 Å². The maximum Gasteiger partial charge on any atom is 0.153 e. The highest BCUT2D eigenvalue weighted by Crippen LogP contribution is 2.19. The molecule has 0 unspecified atom stereocenters. The minimum atomic E-state index is 0.0122. The van der Waals surface area contributed by atoms with Gasteiger partial charge >= 0.3 is 0 Å². The van der Waals surface area contributed by atoms with Gasteiger partial charge in [-0.3, -0.25) is 19.2 Å². The van der Waals surface area contributed by atoms with Gasteiger partial charge in [0, 0.05) is 34.6 Å². The lowest BCUT2D eigenvalue weighted by atomic mass is 10.2. The Labute approximate surface area is 248 Å². The van der Waals surface area contributed by atoms with E-state index < -0.39 is 0 Å². The van der Waals surface area contributed by atoms with Crippen molar-refractivity contribution in [3.05, 3.63) is 131 Å². The number of carbonyl (C=O) groups is 4. The van der Waals surface area contributed by atoms with Gasteiger partial charge in [-0.1, -0.05) is 106 Å². The molecular weight excluding hydrogens is 736 g/mol. The third-order valence-corrected chi connectivity index (χ3v) is 6.38. The summed E-state index contributed by atoms with van der Waals surface area (Å²) in [6, 6.07) is 26.4. The molecule has 0 amide bonds. The molecule has 0 aromatic heterocycles. The highest BCUT2D eigenvalue weighted by atomic mass is 79.9. The van der Waals surface area contributed by atoms with E-state index in [2.05, 4.69) is 63.7 Å². The van der Waals surface area contributed by atoms with Crippen LogP contribution in [0.5, 0.6) is 5.75 Å². The molecule has 0 saturated carbocycles. The summed E-state index contributed by atoms with van der Waals surface area (Å²) in [7, 11) is 0. The number of phenols is 1. The summed E-state index contributed by atoms with van der Waals surface area (Å²) in [5.74, 6) is 0.0122. The number of hydrogen-bond acceptors (Lipinski definition) is 5. The highest BCUT2D eigenvalue weighted by molar-refractivity contribution is 9.11. The van der Waals surface area contributed by atoms with Gasteiger partial charge in [0.05, 0.1) is 5.56 Å². The lowest BCUT2D eigenvalue weighted by Crippen LogP contribution is -1.79. The molecule has 9 heteroatoms. The minimum absolute atomic E-state index is 0.0122. The minimum Gasteiger partial charge on any atom is -0.507 e. The van der Waals surface area contributed by atoms with Crippen LogP contribution in [0, 0.1) is 0 Å². The Morgan fingerprint density at radius 2 is 1.05 bits per heavy atom. The van der Waals surface area contributed by atoms with E-state index in [4.69, 9.17) is 5.11 Å². The molecular formula is C28H20Br4O5. The number of aldehydes is 4. The molecule has 190 valence electrons. The Morgan fingerprint density at radius 1 is 0.486 bits per heavy atom. The predicted molar refractivity (Wildman–Crippen MR) is 160 cm³/mol. The molecule has 0 heterocycles. The maximum atomic E-state index is 10.2. The number of phenolic OH excluding ortho intramolecular Hbond substituents is 1. The molecule has 1 N–H and O–H groups in total. The van der Waals surface area contributed by atoms with Crippen LogP contribution >= 0.6 is 63.7 Å². The Balaban J connectivity index is 0.000000247. The van der Waals surface area contributed by atoms with E-state index in [1.807, 2.05) is 42.5 Å². The second-order valence-corrected chi connectivity index (χ2v) is 10.4. The van der Waals surface area contributed by atoms with Crippen molar-refractivity contribution in [2.75, 3.05) is 0 Å². The third kappa shape index (κ3) is 13.4. The summed E-state index contributed by atoms with van der Waals surface area (Å²) in [6.45, 7) is 0. The van der Waals surface area contributed by atoms with E-state index in [0.717, 1.165) is 36.7 Å². The molecule has 0 saturated heterocycles. The van der Waals surface area contributed by atoms with Gasteiger partial charge in [0.2, 0.25) is 0 Å². The van der Waals surface area contributed by atoms with Crippen LogP contribution in [0.3, 0.4) is 0 Å². The van der Waals surface area contributed by atoms with Crippen LogP contribution in [0.15, 0.2) is 109 Å². The predicted octanol–water partition coefficient (Wildman–Crippen LogP) is 8.75. The number of rotatable bonds is 4. The van der Waals surface area contributed by atoms with Crippen molar-refractivity contribution in [1.29, 1.82) is 0 Å². The van der Waals surface area contributed by atoms with Crippen LogP contribution in [0.1, 0.15) is 41.4 Å². The van der Waals surface area contributed by atoms with Crippen molar-refractivity contribution in [2.24, 2.45) is 0 Å². The smallest absolute Gasteiger partial charge is 0.153 e. The van der Waals surface area contributed by atoms with E-state index in [9.17, 15) is 19.2 Å². The van der Waals surface area contributed by atoms with Gasteiger partial charge in [0.15, 0.2) is 12.6 Å². The summed E-state index contributed by atoms with van der Waals surface area (Å²) in [6.07, 6.45) is 3.08. The molecule has 0 spiro atoms. The van der Waals surface area contributed by atoms with E-state index >= 15 is 0 Å². The molecule has 0 radical (unpaired) electrons. The van der Waals surface area contributed by atoms with Gasteiger partial charge < -0.3 is 5.11 Å². The summed E-state index contributed by atoms with van der Waals surface area (Å²) in [5.41, 5.74) is 2.40. The molecule has 4 rings (SSSR count). The molecule has 0 fully saturated rings. The summed E-state index contributed by atoms with van der Waals surface area (Å²) >= 11 is 12.9. The van der Waals surface area contributed by atoms with Crippen LogP contribution in [-0.4, -0.2) is 30.3 Å². The van der Waals surface area contributed by atoms with Gasteiger partial charge in [0.1, 0.15) is 18.3 Å². The largest absolute Gasteiger partial charge is 0.507 e. The van der Waals surface area contributed by atoms with Crippen molar-refractivity contribution >= 4 is 88.9 Å². The second-order valence-electron chi connectivity index (χ2n) is 6.80. The van der Waals surface area contributed by atoms with Crippen molar-refractivity contribution in [2.45, 2.75) is 0 Å². The van der Waals surface area contributed by atoms with Crippen LogP contribution in [0.2, 0.25) is 0 Å². The number of hydrogen-bond donors (Lipinski definition) is 1. The van der Waals surface area contributed by atoms with Gasteiger partial charge in [-0.05, 0) is 48.5 Å². The van der Waals surface area contributed by atoms with E-state index in [1.54, 1.807) is 42.5 Å². The van der Waals surface area contributed by atoms with Crippen molar-refractivity contribution in [1.82, 2.24) is 0 Å². The topological polar surface area (TPSA) is 88.5 Å². The average molecular weight is 756 g/mol. The summed E-state index contributed by atoms with van der Waals surface area (Å²) < 4.78 is 3.56.